The minimum atomic E-state index is -5.52. The van der Waals surface area contributed by atoms with Gasteiger partial charge in [0.05, 0.1) is 0 Å². The average Bonchev–Trinajstić information content (AvgIpc) is 2.25. The first-order valence-electron chi connectivity index (χ1n) is 4.88. The van der Waals surface area contributed by atoms with Gasteiger partial charge in [0.2, 0.25) is 0 Å². The van der Waals surface area contributed by atoms with Crippen molar-refractivity contribution in [2.75, 3.05) is 4.43 Å². The standard InChI is InChI=1S/C10H7ClF7I/c1-2-3-19(11)9-7(14)5(12)4(10(16,17)18)6(13)8(9)15/h2-3H2,1H3. The molecule has 0 nitrogen and oxygen atoms in total. The second-order valence-electron chi connectivity index (χ2n) is 3.44. The number of benzene rings is 1. The first kappa shape index (κ1) is 16.8. The fourth-order valence-corrected chi connectivity index (χ4v) is 6.08. The molecule has 110 valence electrons. The predicted octanol–water partition coefficient (Wildman–Crippen LogP) is 5.50. The van der Waals surface area contributed by atoms with Gasteiger partial charge in [-0.05, 0) is 0 Å². The van der Waals surface area contributed by atoms with Gasteiger partial charge >= 0.3 is 115 Å². The molecule has 0 aromatic heterocycles. The fraction of sp³-hybridized carbons (Fsp3) is 0.400. The van der Waals surface area contributed by atoms with Gasteiger partial charge in [-0.25, -0.2) is 0 Å². The van der Waals surface area contributed by atoms with Crippen LogP contribution in [-0.2, 0) is 6.18 Å². The Labute approximate surface area is 115 Å². The molecule has 0 unspecified atom stereocenters. The summed E-state index contributed by atoms with van der Waals surface area (Å²) in [5.41, 5.74) is -2.57. The van der Waals surface area contributed by atoms with Crippen molar-refractivity contribution in [1.82, 2.24) is 0 Å². The third kappa shape index (κ3) is 3.26. The van der Waals surface area contributed by atoms with Crippen LogP contribution in [0.5, 0.6) is 0 Å². The van der Waals surface area contributed by atoms with E-state index in [2.05, 4.69) is 0 Å². The Kier molecular flexibility index (Phi) is 5.33. The van der Waals surface area contributed by atoms with E-state index in [4.69, 9.17) is 8.91 Å². The summed E-state index contributed by atoms with van der Waals surface area (Å²) in [6.07, 6.45) is -5.12. The van der Waals surface area contributed by atoms with E-state index in [1.54, 1.807) is 6.92 Å². The topological polar surface area (TPSA) is 0 Å². The Bertz CT molecular complexity index is 457. The van der Waals surface area contributed by atoms with E-state index in [1.807, 2.05) is 0 Å². The molecule has 0 aliphatic heterocycles. The van der Waals surface area contributed by atoms with Crippen LogP contribution in [0.4, 0.5) is 30.7 Å². The number of hydrogen-bond donors (Lipinski definition) is 0. The van der Waals surface area contributed by atoms with Crippen LogP contribution in [0.2, 0.25) is 0 Å². The summed E-state index contributed by atoms with van der Waals surface area (Å²) < 4.78 is 89.5. The van der Waals surface area contributed by atoms with Crippen LogP contribution in [0.1, 0.15) is 18.9 Å². The molecule has 1 aromatic rings. The SMILES string of the molecule is CCCI(Cl)c1c(F)c(F)c(C(F)(F)F)c(F)c1F. The van der Waals surface area contributed by atoms with Gasteiger partial charge in [0.25, 0.3) is 0 Å². The molecule has 0 fully saturated rings. The van der Waals surface area contributed by atoms with Gasteiger partial charge in [0.15, 0.2) is 0 Å². The summed E-state index contributed by atoms with van der Waals surface area (Å²) in [6, 6.07) is 0. The molecule has 0 aliphatic carbocycles. The van der Waals surface area contributed by atoms with Crippen molar-refractivity contribution >= 4 is 27.6 Å². The van der Waals surface area contributed by atoms with Gasteiger partial charge < -0.3 is 0 Å². The second-order valence-corrected chi connectivity index (χ2v) is 9.66. The monoisotopic (exact) mass is 422 g/mol. The molecular weight excluding hydrogens is 415 g/mol. The number of hydrogen-bond acceptors (Lipinski definition) is 0. The molecule has 0 N–H and O–H groups in total. The molecule has 0 saturated heterocycles. The van der Waals surface area contributed by atoms with Crippen LogP contribution < -0.4 is 0 Å². The Morgan fingerprint density at radius 3 is 1.68 bits per heavy atom. The molecule has 1 aromatic carbocycles. The van der Waals surface area contributed by atoms with E-state index in [1.165, 1.54) is 0 Å². The first-order chi connectivity index (χ1) is 8.62. The molecule has 1 rings (SSSR count). The van der Waals surface area contributed by atoms with Crippen molar-refractivity contribution in [3.63, 3.8) is 0 Å². The summed E-state index contributed by atoms with van der Waals surface area (Å²) in [5.74, 6) is -8.97. The molecule has 0 heterocycles. The Morgan fingerprint density at radius 2 is 1.37 bits per heavy atom. The van der Waals surface area contributed by atoms with Gasteiger partial charge in [-0.3, -0.25) is 0 Å². The van der Waals surface area contributed by atoms with E-state index in [9.17, 15) is 30.7 Å². The van der Waals surface area contributed by atoms with Crippen LogP contribution in [0.3, 0.4) is 0 Å². The van der Waals surface area contributed by atoms with Gasteiger partial charge in [-0.2, -0.15) is 0 Å². The van der Waals surface area contributed by atoms with Crippen molar-refractivity contribution in [2.24, 2.45) is 0 Å². The zero-order valence-corrected chi connectivity index (χ0v) is 12.2. The van der Waals surface area contributed by atoms with E-state index in [0.717, 1.165) is 0 Å². The Hall–Kier alpha value is -0.250. The van der Waals surface area contributed by atoms with Gasteiger partial charge in [0.1, 0.15) is 0 Å². The first-order valence-corrected chi connectivity index (χ1v) is 10.2. The predicted molar refractivity (Wildman–Crippen MR) is 65.0 cm³/mol. The van der Waals surface area contributed by atoms with Crippen molar-refractivity contribution in [2.45, 2.75) is 19.5 Å². The Balaban J connectivity index is 3.57. The molecule has 0 saturated carbocycles. The molecule has 0 radical (unpaired) electrons. The quantitative estimate of drug-likeness (QED) is 0.198. The van der Waals surface area contributed by atoms with Gasteiger partial charge in [0, 0.05) is 0 Å². The van der Waals surface area contributed by atoms with Crippen LogP contribution in [0.15, 0.2) is 0 Å². The summed E-state index contributed by atoms with van der Waals surface area (Å²) in [4.78, 5) is 0. The maximum absolute atomic E-state index is 13.5. The van der Waals surface area contributed by atoms with Crippen molar-refractivity contribution in [1.29, 1.82) is 0 Å². The van der Waals surface area contributed by atoms with Crippen molar-refractivity contribution < 1.29 is 30.7 Å². The third-order valence-corrected chi connectivity index (χ3v) is 8.11. The summed E-state index contributed by atoms with van der Waals surface area (Å²) in [7, 11) is 5.69. The van der Waals surface area contributed by atoms with Crippen LogP contribution in [0.25, 0.3) is 0 Å². The molecule has 0 amide bonds. The van der Waals surface area contributed by atoms with Crippen LogP contribution >= 0.6 is 27.6 Å². The Morgan fingerprint density at radius 1 is 0.947 bits per heavy atom. The summed E-state index contributed by atoms with van der Waals surface area (Å²) in [6.45, 7) is 1.62. The zero-order valence-electron chi connectivity index (χ0n) is 9.32. The second kappa shape index (κ2) is 6.02. The summed E-state index contributed by atoms with van der Waals surface area (Å²) >= 11 is -3.08. The number of halogens is 9. The third-order valence-electron chi connectivity index (χ3n) is 2.05. The maximum atomic E-state index is 13.5. The van der Waals surface area contributed by atoms with Crippen LogP contribution in [0, 0.1) is 26.8 Å². The van der Waals surface area contributed by atoms with E-state index in [-0.39, 0.29) is 4.43 Å². The van der Waals surface area contributed by atoms with E-state index < -0.39 is 57.3 Å². The molecule has 19 heavy (non-hydrogen) atoms. The molecule has 0 spiro atoms. The molecular formula is C10H7ClF7I. The molecule has 0 aliphatic rings. The molecule has 0 bridgehead atoms. The van der Waals surface area contributed by atoms with Crippen molar-refractivity contribution in [3.8, 4) is 0 Å². The minimum absolute atomic E-state index is 0.115. The van der Waals surface area contributed by atoms with Crippen molar-refractivity contribution in [3.05, 3.63) is 32.4 Å². The summed E-state index contributed by atoms with van der Waals surface area (Å²) in [5, 5.41) is 0. The van der Waals surface area contributed by atoms with E-state index in [0.29, 0.717) is 6.42 Å². The number of alkyl halides is 4. The fourth-order valence-electron chi connectivity index (χ4n) is 1.29. The van der Waals surface area contributed by atoms with Crippen LogP contribution in [-0.4, -0.2) is 4.43 Å². The van der Waals surface area contributed by atoms with Gasteiger partial charge in [-0.15, -0.1) is 0 Å². The normalized spacial score (nSPS) is 12.8. The average molecular weight is 423 g/mol. The molecule has 0 atom stereocenters. The van der Waals surface area contributed by atoms with Gasteiger partial charge in [-0.1, -0.05) is 0 Å². The zero-order chi connectivity index (χ0) is 15.0. The number of rotatable bonds is 3. The van der Waals surface area contributed by atoms with E-state index >= 15 is 0 Å². The molecule has 9 heteroatoms.